The van der Waals surface area contributed by atoms with Crippen LogP contribution in [0.2, 0.25) is 0 Å². The van der Waals surface area contributed by atoms with E-state index >= 15 is 0 Å². The molecule has 1 rings (SSSR count). The second-order valence-corrected chi connectivity index (χ2v) is 7.60. The summed E-state index contributed by atoms with van der Waals surface area (Å²) in [7, 11) is -3.68. The molecular weight excluding hydrogens is 342 g/mol. The molecule has 0 aliphatic carbocycles. The Balaban J connectivity index is 3.05. The highest BCUT2D eigenvalue weighted by atomic mass is 79.9. The predicted octanol–water partition coefficient (Wildman–Crippen LogP) is 1.97. The second kappa shape index (κ2) is 7.18. The summed E-state index contributed by atoms with van der Waals surface area (Å²) in [5, 5.41) is 8.89. The van der Waals surface area contributed by atoms with Gasteiger partial charge in [0.1, 0.15) is 0 Å². The summed E-state index contributed by atoms with van der Waals surface area (Å²) in [4.78, 5) is 0.0608. The lowest BCUT2D eigenvalue weighted by Gasteiger charge is -2.19. The average molecular weight is 360 g/mol. The molecule has 1 aromatic carbocycles. The molecule has 0 saturated carbocycles. The first-order valence-corrected chi connectivity index (χ1v) is 8.49. The van der Waals surface area contributed by atoms with Crippen molar-refractivity contribution in [2.24, 2.45) is 11.7 Å². The molecule has 110 valence electrons. The quantitative estimate of drug-likeness (QED) is 0.811. The number of hydrogen-bond acceptors (Lipinski definition) is 4. The van der Waals surface area contributed by atoms with Crippen LogP contribution >= 0.6 is 15.9 Å². The van der Waals surface area contributed by atoms with Crippen molar-refractivity contribution in [3.63, 3.8) is 0 Å². The number of halogens is 1. The normalized spacial score (nSPS) is 13.2. The molecule has 0 saturated heterocycles. The fourth-order valence-electron chi connectivity index (χ4n) is 1.83. The summed E-state index contributed by atoms with van der Waals surface area (Å²) in [6, 6.07) is 5.99. The van der Waals surface area contributed by atoms with Crippen molar-refractivity contribution in [1.82, 2.24) is 4.72 Å². The summed E-state index contributed by atoms with van der Waals surface area (Å²) in [5.41, 5.74) is 5.89. The Labute approximate surface area is 128 Å². The molecule has 1 atom stereocenters. The second-order valence-electron chi connectivity index (χ2n) is 4.97. The van der Waals surface area contributed by atoms with E-state index in [-0.39, 0.29) is 23.0 Å². The van der Waals surface area contributed by atoms with Crippen LogP contribution in [-0.4, -0.2) is 21.0 Å². The third-order valence-electron chi connectivity index (χ3n) is 2.67. The minimum absolute atomic E-state index is 0.0608. The molecule has 1 unspecified atom stereocenters. The molecule has 0 fully saturated rings. The molecule has 0 bridgehead atoms. The van der Waals surface area contributed by atoms with Crippen LogP contribution in [0.15, 0.2) is 27.6 Å². The average Bonchev–Trinajstić information content (AvgIpc) is 2.36. The molecule has 0 aliphatic rings. The van der Waals surface area contributed by atoms with Crippen molar-refractivity contribution in [3.05, 3.63) is 28.2 Å². The zero-order chi connectivity index (χ0) is 15.3. The lowest BCUT2D eigenvalue weighted by Crippen LogP contribution is -2.41. The number of sulfonamides is 1. The van der Waals surface area contributed by atoms with Gasteiger partial charge in [0, 0.05) is 17.1 Å². The first-order chi connectivity index (χ1) is 9.28. The van der Waals surface area contributed by atoms with Gasteiger partial charge >= 0.3 is 0 Å². The molecule has 0 aromatic heterocycles. The first-order valence-electron chi connectivity index (χ1n) is 6.21. The van der Waals surface area contributed by atoms with Gasteiger partial charge in [0.15, 0.2) is 0 Å². The summed E-state index contributed by atoms with van der Waals surface area (Å²) in [5.74, 6) is 0.337. The Bertz CT molecular complexity index is 609. The number of nitrogens with two attached hydrogens (primary N) is 1. The predicted molar refractivity (Wildman–Crippen MR) is 81.5 cm³/mol. The van der Waals surface area contributed by atoms with E-state index in [9.17, 15) is 8.42 Å². The number of nitriles is 1. The third kappa shape index (κ3) is 4.87. The number of hydrogen-bond donors (Lipinski definition) is 2. The molecule has 0 amide bonds. The molecular formula is C13H18BrN3O2S. The maximum Gasteiger partial charge on any atom is 0.240 e. The summed E-state index contributed by atoms with van der Waals surface area (Å²) < 4.78 is 27.7. The standard InChI is InChI=1S/C13H18BrN3O2S/c1-9(2)3-12(8-16)17-20(18,19)13-5-10(7-15)4-11(14)6-13/h4-6,9,12,17H,3,8,16H2,1-2H3. The fraction of sp³-hybridized carbons (Fsp3) is 0.462. The van der Waals surface area contributed by atoms with Gasteiger partial charge in [-0.1, -0.05) is 29.8 Å². The number of nitrogens with zero attached hydrogens (tertiary/aromatic N) is 1. The SMILES string of the molecule is CC(C)CC(CN)NS(=O)(=O)c1cc(Br)cc(C#N)c1. The number of benzene rings is 1. The first kappa shape index (κ1) is 17.1. The van der Waals surface area contributed by atoms with E-state index in [0.717, 1.165) is 0 Å². The molecule has 5 nitrogen and oxygen atoms in total. The van der Waals surface area contributed by atoms with E-state index in [2.05, 4.69) is 20.7 Å². The van der Waals surface area contributed by atoms with E-state index in [1.54, 1.807) is 6.07 Å². The highest BCUT2D eigenvalue weighted by Crippen LogP contribution is 2.20. The van der Waals surface area contributed by atoms with E-state index < -0.39 is 10.0 Å². The van der Waals surface area contributed by atoms with Crippen molar-refractivity contribution in [3.8, 4) is 6.07 Å². The zero-order valence-corrected chi connectivity index (χ0v) is 13.8. The maximum absolute atomic E-state index is 12.3. The van der Waals surface area contributed by atoms with Crippen molar-refractivity contribution >= 4 is 26.0 Å². The fourth-order valence-corrected chi connectivity index (χ4v) is 3.81. The van der Waals surface area contributed by atoms with E-state index in [0.29, 0.717) is 16.8 Å². The van der Waals surface area contributed by atoms with Crippen molar-refractivity contribution in [2.75, 3.05) is 6.54 Å². The van der Waals surface area contributed by atoms with Gasteiger partial charge in [0.25, 0.3) is 0 Å². The highest BCUT2D eigenvalue weighted by molar-refractivity contribution is 9.10. The number of nitrogens with one attached hydrogen (secondary N) is 1. The van der Waals surface area contributed by atoms with E-state index in [1.807, 2.05) is 19.9 Å². The summed E-state index contributed by atoms with van der Waals surface area (Å²) >= 11 is 3.20. The Hall–Kier alpha value is -0.940. The van der Waals surface area contributed by atoms with E-state index in [4.69, 9.17) is 11.0 Å². The Morgan fingerprint density at radius 3 is 2.55 bits per heavy atom. The summed E-state index contributed by atoms with van der Waals surface area (Å²) in [6.45, 7) is 4.24. The Morgan fingerprint density at radius 1 is 1.40 bits per heavy atom. The van der Waals surface area contributed by atoms with Gasteiger partial charge in [0.2, 0.25) is 10.0 Å². The van der Waals surface area contributed by atoms with Crippen LogP contribution < -0.4 is 10.5 Å². The Kier molecular flexibility index (Phi) is 6.14. The van der Waals surface area contributed by atoms with Crippen LogP contribution in [0.3, 0.4) is 0 Å². The van der Waals surface area contributed by atoms with Crippen molar-refractivity contribution in [1.29, 1.82) is 5.26 Å². The largest absolute Gasteiger partial charge is 0.329 e. The molecule has 1 aromatic rings. The Morgan fingerprint density at radius 2 is 2.05 bits per heavy atom. The topological polar surface area (TPSA) is 96.0 Å². The monoisotopic (exact) mass is 359 g/mol. The van der Waals surface area contributed by atoms with Crippen LogP contribution in [0.5, 0.6) is 0 Å². The van der Waals surface area contributed by atoms with Crippen LogP contribution in [-0.2, 0) is 10.0 Å². The van der Waals surface area contributed by atoms with Gasteiger partial charge < -0.3 is 5.73 Å². The van der Waals surface area contributed by atoms with Gasteiger partial charge in [-0.05, 0) is 30.5 Å². The molecule has 3 N–H and O–H groups in total. The van der Waals surface area contributed by atoms with Gasteiger partial charge in [-0.25, -0.2) is 13.1 Å². The van der Waals surface area contributed by atoms with Crippen LogP contribution in [0.4, 0.5) is 0 Å². The van der Waals surface area contributed by atoms with Gasteiger partial charge in [0.05, 0.1) is 16.5 Å². The van der Waals surface area contributed by atoms with Crippen LogP contribution in [0, 0.1) is 17.2 Å². The minimum atomic E-state index is -3.68. The van der Waals surface area contributed by atoms with Gasteiger partial charge in [-0.15, -0.1) is 0 Å². The molecule has 7 heteroatoms. The minimum Gasteiger partial charge on any atom is -0.329 e. The lowest BCUT2D eigenvalue weighted by atomic mass is 10.1. The highest BCUT2D eigenvalue weighted by Gasteiger charge is 2.21. The molecule has 20 heavy (non-hydrogen) atoms. The van der Waals surface area contributed by atoms with Gasteiger partial charge in [-0.3, -0.25) is 0 Å². The zero-order valence-electron chi connectivity index (χ0n) is 11.4. The molecule has 0 aliphatic heterocycles. The number of rotatable bonds is 6. The van der Waals surface area contributed by atoms with Crippen LogP contribution in [0.1, 0.15) is 25.8 Å². The summed E-state index contributed by atoms with van der Waals surface area (Å²) in [6.07, 6.45) is 0.662. The lowest BCUT2D eigenvalue weighted by molar-refractivity contribution is 0.465. The van der Waals surface area contributed by atoms with Gasteiger partial charge in [-0.2, -0.15) is 5.26 Å². The maximum atomic E-state index is 12.3. The smallest absolute Gasteiger partial charge is 0.240 e. The van der Waals surface area contributed by atoms with Crippen molar-refractivity contribution < 1.29 is 8.42 Å². The van der Waals surface area contributed by atoms with Crippen LogP contribution in [0.25, 0.3) is 0 Å². The molecule has 0 radical (unpaired) electrons. The van der Waals surface area contributed by atoms with E-state index in [1.165, 1.54) is 12.1 Å². The third-order valence-corrected chi connectivity index (χ3v) is 4.63. The molecule has 0 spiro atoms. The molecule has 0 heterocycles. The van der Waals surface area contributed by atoms with Crippen molar-refractivity contribution in [2.45, 2.75) is 31.2 Å².